The molecule has 2 heterocycles. The molecule has 4 rings (SSSR count). The summed E-state index contributed by atoms with van der Waals surface area (Å²) in [5.74, 6) is 0. The van der Waals surface area contributed by atoms with Crippen LogP contribution in [0.3, 0.4) is 0 Å². The van der Waals surface area contributed by atoms with Crippen molar-refractivity contribution >= 4 is 23.1 Å². The lowest BCUT2D eigenvalue weighted by molar-refractivity contribution is 0.208. The molecule has 2 fully saturated rings. The van der Waals surface area contributed by atoms with E-state index >= 15 is 0 Å². The number of anilines is 3. The normalized spacial score (nSPS) is 17.1. The van der Waals surface area contributed by atoms with Crippen LogP contribution in [0.4, 0.5) is 21.9 Å². The molecule has 0 saturated carbocycles. The summed E-state index contributed by atoms with van der Waals surface area (Å²) in [5, 5.41) is 3.06. The van der Waals surface area contributed by atoms with Gasteiger partial charge in [0.05, 0.1) is 0 Å². The number of piperazine rings is 1. The first-order valence-corrected chi connectivity index (χ1v) is 10.3. The van der Waals surface area contributed by atoms with E-state index in [2.05, 4.69) is 59.3 Å². The second kappa shape index (κ2) is 8.13. The molecule has 0 unspecified atom stereocenters. The van der Waals surface area contributed by atoms with Crippen LogP contribution in [0.1, 0.15) is 24.0 Å². The van der Waals surface area contributed by atoms with Crippen LogP contribution in [0.5, 0.6) is 0 Å². The fourth-order valence-corrected chi connectivity index (χ4v) is 4.37. The lowest BCUT2D eigenvalue weighted by atomic mass is 10.1. The molecule has 0 aromatic heterocycles. The van der Waals surface area contributed by atoms with Gasteiger partial charge in [-0.1, -0.05) is 18.2 Å². The Morgan fingerprint density at radius 3 is 2.00 bits per heavy atom. The van der Waals surface area contributed by atoms with Crippen molar-refractivity contribution in [1.82, 2.24) is 4.90 Å². The molecule has 0 spiro atoms. The van der Waals surface area contributed by atoms with Crippen LogP contribution >= 0.6 is 0 Å². The fourth-order valence-electron chi connectivity index (χ4n) is 4.37. The predicted octanol–water partition coefficient (Wildman–Crippen LogP) is 4.26. The largest absolute Gasteiger partial charge is 0.372 e. The number of nitrogens with one attached hydrogen (secondary N) is 1. The maximum absolute atomic E-state index is 12.7. The number of amides is 2. The van der Waals surface area contributed by atoms with E-state index in [1.54, 1.807) is 0 Å². The van der Waals surface area contributed by atoms with Crippen LogP contribution < -0.4 is 15.1 Å². The Morgan fingerprint density at radius 1 is 0.786 bits per heavy atom. The van der Waals surface area contributed by atoms with Crippen LogP contribution in [0.15, 0.2) is 42.5 Å². The van der Waals surface area contributed by atoms with Crippen molar-refractivity contribution in [2.75, 3.05) is 54.4 Å². The van der Waals surface area contributed by atoms with Crippen LogP contribution in [0.2, 0.25) is 0 Å². The molecule has 0 radical (unpaired) electrons. The molecule has 0 aliphatic carbocycles. The zero-order valence-electron chi connectivity index (χ0n) is 16.9. The van der Waals surface area contributed by atoms with Crippen LogP contribution in [-0.4, -0.2) is 50.2 Å². The summed E-state index contributed by atoms with van der Waals surface area (Å²) in [4.78, 5) is 19.4. The van der Waals surface area contributed by atoms with E-state index in [4.69, 9.17) is 0 Å². The quantitative estimate of drug-likeness (QED) is 0.867. The molecule has 28 heavy (non-hydrogen) atoms. The molecule has 0 atom stereocenters. The summed E-state index contributed by atoms with van der Waals surface area (Å²) < 4.78 is 0. The van der Waals surface area contributed by atoms with Gasteiger partial charge in [-0.3, -0.25) is 0 Å². The standard InChI is InChI=1S/C23H30N4O/c1-18-6-5-7-19(2)22(18)26-14-16-27(17-15-26)23(28)24-20-8-10-21(11-9-20)25-12-3-4-13-25/h5-11H,3-4,12-17H2,1-2H3,(H,24,28). The van der Waals surface area contributed by atoms with Crippen molar-refractivity contribution in [1.29, 1.82) is 0 Å². The third-order valence-electron chi connectivity index (χ3n) is 5.91. The topological polar surface area (TPSA) is 38.8 Å². The molecular weight excluding hydrogens is 348 g/mol. The summed E-state index contributed by atoms with van der Waals surface area (Å²) in [6, 6.07) is 14.7. The Morgan fingerprint density at radius 2 is 1.39 bits per heavy atom. The smallest absolute Gasteiger partial charge is 0.321 e. The van der Waals surface area contributed by atoms with E-state index in [1.807, 2.05) is 17.0 Å². The predicted molar refractivity (Wildman–Crippen MR) is 117 cm³/mol. The van der Waals surface area contributed by atoms with Crippen molar-refractivity contribution < 1.29 is 4.79 Å². The minimum Gasteiger partial charge on any atom is -0.372 e. The molecule has 5 heteroatoms. The number of rotatable bonds is 3. The number of aryl methyl sites for hydroxylation is 2. The number of para-hydroxylation sites is 1. The van der Waals surface area contributed by atoms with Gasteiger partial charge in [0, 0.05) is 56.3 Å². The Balaban J connectivity index is 1.33. The maximum Gasteiger partial charge on any atom is 0.321 e. The maximum atomic E-state index is 12.7. The highest BCUT2D eigenvalue weighted by Gasteiger charge is 2.23. The zero-order valence-corrected chi connectivity index (χ0v) is 16.9. The molecule has 0 bridgehead atoms. The Bertz CT molecular complexity index is 799. The van der Waals surface area contributed by atoms with E-state index in [0.717, 1.165) is 45.0 Å². The van der Waals surface area contributed by atoms with E-state index in [0.29, 0.717) is 0 Å². The molecule has 148 valence electrons. The molecule has 1 N–H and O–H groups in total. The SMILES string of the molecule is Cc1cccc(C)c1N1CCN(C(=O)Nc2ccc(N3CCCC3)cc2)CC1. The zero-order chi connectivity index (χ0) is 19.5. The van der Waals surface area contributed by atoms with Gasteiger partial charge in [0.25, 0.3) is 0 Å². The molecule has 2 aromatic carbocycles. The van der Waals surface area contributed by atoms with Crippen LogP contribution in [0, 0.1) is 13.8 Å². The van der Waals surface area contributed by atoms with Gasteiger partial charge in [0.15, 0.2) is 0 Å². The fraction of sp³-hybridized carbons (Fsp3) is 0.435. The second-order valence-corrected chi connectivity index (χ2v) is 7.89. The van der Waals surface area contributed by atoms with Crippen LogP contribution in [-0.2, 0) is 0 Å². The van der Waals surface area contributed by atoms with Crippen LogP contribution in [0.25, 0.3) is 0 Å². The molecular formula is C23H30N4O. The first kappa shape index (κ1) is 18.7. The third kappa shape index (κ3) is 3.93. The minimum atomic E-state index is -0.00456. The van der Waals surface area contributed by atoms with E-state index in [-0.39, 0.29) is 6.03 Å². The Hall–Kier alpha value is -2.69. The summed E-state index contributed by atoms with van der Waals surface area (Å²) >= 11 is 0. The number of carbonyl (C=O) groups is 1. The van der Waals surface area contributed by atoms with Gasteiger partial charge in [-0.05, 0) is 62.1 Å². The molecule has 2 aliphatic heterocycles. The number of hydrogen-bond donors (Lipinski definition) is 1. The van der Waals surface area contributed by atoms with Gasteiger partial charge in [-0.25, -0.2) is 4.79 Å². The Kier molecular flexibility index (Phi) is 5.42. The summed E-state index contributed by atoms with van der Waals surface area (Å²) in [6.07, 6.45) is 2.54. The molecule has 2 saturated heterocycles. The van der Waals surface area contributed by atoms with Gasteiger partial charge in [0.1, 0.15) is 0 Å². The average molecular weight is 379 g/mol. The number of urea groups is 1. The van der Waals surface area contributed by atoms with Gasteiger partial charge < -0.3 is 20.0 Å². The number of nitrogens with zero attached hydrogens (tertiary/aromatic N) is 3. The molecule has 5 nitrogen and oxygen atoms in total. The van der Waals surface area contributed by atoms with Crippen molar-refractivity contribution in [3.05, 3.63) is 53.6 Å². The second-order valence-electron chi connectivity index (χ2n) is 7.89. The van der Waals surface area contributed by atoms with E-state index < -0.39 is 0 Å². The molecule has 2 aliphatic rings. The first-order chi connectivity index (χ1) is 13.6. The minimum absolute atomic E-state index is 0.00456. The lowest BCUT2D eigenvalue weighted by Crippen LogP contribution is -2.50. The highest BCUT2D eigenvalue weighted by molar-refractivity contribution is 5.89. The van der Waals surface area contributed by atoms with E-state index in [9.17, 15) is 4.79 Å². The monoisotopic (exact) mass is 378 g/mol. The summed E-state index contributed by atoms with van der Waals surface area (Å²) in [5.41, 5.74) is 6.04. The third-order valence-corrected chi connectivity index (χ3v) is 5.91. The van der Waals surface area contributed by atoms with Gasteiger partial charge in [-0.15, -0.1) is 0 Å². The summed E-state index contributed by atoms with van der Waals surface area (Å²) in [6.45, 7) is 9.81. The van der Waals surface area contributed by atoms with Gasteiger partial charge in [0.2, 0.25) is 0 Å². The van der Waals surface area contributed by atoms with Crippen molar-refractivity contribution in [2.45, 2.75) is 26.7 Å². The Labute approximate surface area is 167 Å². The van der Waals surface area contributed by atoms with Crippen molar-refractivity contribution in [3.63, 3.8) is 0 Å². The van der Waals surface area contributed by atoms with Crippen molar-refractivity contribution in [2.24, 2.45) is 0 Å². The van der Waals surface area contributed by atoms with Gasteiger partial charge >= 0.3 is 6.03 Å². The average Bonchev–Trinajstić information content (AvgIpc) is 3.24. The number of carbonyl (C=O) groups excluding carboxylic acids is 1. The van der Waals surface area contributed by atoms with Crippen molar-refractivity contribution in [3.8, 4) is 0 Å². The summed E-state index contributed by atoms with van der Waals surface area (Å²) in [7, 11) is 0. The molecule has 2 amide bonds. The highest BCUT2D eigenvalue weighted by atomic mass is 16.2. The molecule has 2 aromatic rings. The van der Waals surface area contributed by atoms with Gasteiger partial charge in [-0.2, -0.15) is 0 Å². The highest BCUT2D eigenvalue weighted by Crippen LogP contribution is 2.26. The van der Waals surface area contributed by atoms with E-state index in [1.165, 1.54) is 35.3 Å². The number of benzene rings is 2. The number of hydrogen-bond acceptors (Lipinski definition) is 3. The first-order valence-electron chi connectivity index (χ1n) is 10.3. The lowest BCUT2D eigenvalue weighted by Gasteiger charge is -2.37.